The van der Waals surface area contributed by atoms with Gasteiger partial charge in [-0.1, -0.05) is 6.58 Å². The molecule has 0 fully saturated rings. The van der Waals surface area contributed by atoms with Crippen LogP contribution in [0.5, 0.6) is 11.5 Å². The molecule has 0 radical (unpaired) electrons. The minimum absolute atomic E-state index is 0.0143. The van der Waals surface area contributed by atoms with Gasteiger partial charge >= 0.3 is 0 Å². The molecule has 7 nitrogen and oxygen atoms in total. The summed E-state index contributed by atoms with van der Waals surface area (Å²) in [7, 11) is 0. The highest BCUT2D eigenvalue weighted by Crippen LogP contribution is 2.36. The first-order valence-corrected chi connectivity index (χ1v) is 9.81. The molecule has 0 bridgehead atoms. The number of ether oxygens (including phenoxy) is 2. The van der Waals surface area contributed by atoms with E-state index in [1.807, 2.05) is 0 Å². The molecular weight excluding hydrogens is 448 g/mol. The SMILES string of the molecule is C=C(CCNC(=O)COc1ccc(F)c(F)c1)NC(=O)[C@@H]1C[C@H](O)c2cc(F)c(F)cc2O1. The molecule has 3 N–H and O–H groups in total. The fourth-order valence-corrected chi connectivity index (χ4v) is 3.03. The number of benzene rings is 2. The number of carbonyl (C=O) groups excluding carboxylic acids is 2. The Morgan fingerprint density at radius 1 is 1.09 bits per heavy atom. The number of rotatable bonds is 8. The molecule has 1 heterocycles. The van der Waals surface area contributed by atoms with Crippen molar-refractivity contribution in [2.75, 3.05) is 13.2 Å². The lowest BCUT2D eigenvalue weighted by atomic mass is 9.98. The van der Waals surface area contributed by atoms with Gasteiger partial charge in [-0.25, -0.2) is 17.6 Å². The van der Waals surface area contributed by atoms with Gasteiger partial charge in [-0.05, 0) is 18.2 Å². The number of halogens is 4. The first-order chi connectivity index (χ1) is 15.6. The number of fused-ring (bicyclic) bond motifs is 1. The third-order valence-electron chi connectivity index (χ3n) is 4.72. The number of hydrogen-bond donors (Lipinski definition) is 3. The summed E-state index contributed by atoms with van der Waals surface area (Å²) in [5.74, 6) is -5.78. The standard InChI is InChI=1S/C22H20F4N2O5/c1-11(4-5-27-21(30)10-32-12-2-3-14(23)15(24)6-12)28-22(31)20-9-18(29)13-7-16(25)17(26)8-19(13)33-20/h2-3,6-8,18,20,29H,1,4-5,9-10H2,(H,27,30)(H,28,31)/t18-,20-/m0/s1. The Morgan fingerprint density at radius 3 is 2.52 bits per heavy atom. The Kier molecular flexibility index (Phi) is 7.54. The molecule has 1 aliphatic rings. The van der Waals surface area contributed by atoms with Crippen molar-refractivity contribution >= 4 is 11.8 Å². The number of nitrogens with one attached hydrogen (secondary N) is 2. The van der Waals surface area contributed by atoms with Crippen LogP contribution in [0.2, 0.25) is 0 Å². The van der Waals surface area contributed by atoms with Crippen LogP contribution < -0.4 is 20.1 Å². The summed E-state index contributed by atoms with van der Waals surface area (Å²) >= 11 is 0. The number of carbonyl (C=O) groups is 2. The minimum Gasteiger partial charge on any atom is -0.484 e. The molecule has 1 aliphatic heterocycles. The van der Waals surface area contributed by atoms with E-state index in [2.05, 4.69) is 17.2 Å². The van der Waals surface area contributed by atoms with Crippen molar-refractivity contribution in [3.8, 4) is 11.5 Å². The van der Waals surface area contributed by atoms with Gasteiger partial charge in [0, 0.05) is 42.8 Å². The highest BCUT2D eigenvalue weighted by Gasteiger charge is 2.33. The molecule has 0 saturated carbocycles. The van der Waals surface area contributed by atoms with Crippen molar-refractivity contribution in [2.45, 2.75) is 25.0 Å². The average molecular weight is 468 g/mol. The van der Waals surface area contributed by atoms with Crippen LogP contribution in [0.3, 0.4) is 0 Å². The van der Waals surface area contributed by atoms with Crippen LogP contribution in [0.1, 0.15) is 24.5 Å². The van der Waals surface area contributed by atoms with Gasteiger partial charge < -0.3 is 25.2 Å². The zero-order valence-electron chi connectivity index (χ0n) is 17.2. The fourth-order valence-electron chi connectivity index (χ4n) is 3.03. The average Bonchev–Trinajstić information content (AvgIpc) is 2.75. The maximum absolute atomic E-state index is 13.4. The lowest BCUT2D eigenvalue weighted by Gasteiger charge is -2.29. The van der Waals surface area contributed by atoms with Crippen molar-refractivity contribution in [1.82, 2.24) is 10.6 Å². The van der Waals surface area contributed by atoms with Crippen molar-refractivity contribution in [1.29, 1.82) is 0 Å². The summed E-state index contributed by atoms with van der Waals surface area (Å²) in [5.41, 5.74) is 0.279. The summed E-state index contributed by atoms with van der Waals surface area (Å²) in [5, 5.41) is 15.1. The predicted octanol–water partition coefficient (Wildman–Crippen LogP) is 2.64. The van der Waals surface area contributed by atoms with E-state index in [4.69, 9.17) is 9.47 Å². The second-order valence-corrected chi connectivity index (χ2v) is 7.22. The molecule has 0 spiro atoms. The van der Waals surface area contributed by atoms with Crippen LogP contribution in [0, 0.1) is 23.3 Å². The normalized spacial score (nSPS) is 16.9. The van der Waals surface area contributed by atoms with Gasteiger partial charge in [-0.2, -0.15) is 0 Å². The van der Waals surface area contributed by atoms with Gasteiger partial charge in [0.2, 0.25) is 0 Å². The van der Waals surface area contributed by atoms with E-state index < -0.39 is 53.9 Å². The molecule has 3 rings (SSSR count). The first kappa shape index (κ1) is 24.1. The van der Waals surface area contributed by atoms with Gasteiger partial charge in [0.15, 0.2) is 36.0 Å². The Labute approximate surface area is 186 Å². The van der Waals surface area contributed by atoms with Crippen molar-refractivity contribution in [3.63, 3.8) is 0 Å². The molecule has 0 aliphatic carbocycles. The summed E-state index contributed by atoms with van der Waals surface area (Å²) in [4.78, 5) is 24.2. The minimum atomic E-state index is -1.22. The highest BCUT2D eigenvalue weighted by atomic mass is 19.2. The lowest BCUT2D eigenvalue weighted by molar-refractivity contribution is -0.129. The van der Waals surface area contributed by atoms with Crippen LogP contribution in [0.25, 0.3) is 0 Å². The Hall–Kier alpha value is -3.60. The van der Waals surface area contributed by atoms with Crippen LogP contribution in [0.4, 0.5) is 17.6 Å². The molecule has 2 atom stereocenters. The molecule has 176 valence electrons. The van der Waals surface area contributed by atoms with Crippen LogP contribution >= 0.6 is 0 Å². The monoisotopic (exact) mass is 468 g/mol. The van der Waals surface area contributed by atoms with Gasteiger partial charge in [-0.15, -0.1) is 0 Å². The number of amides is 2. The zero-order valence-corrected chi connectivity index (χ0v) is 17.2. The molecule has 11 heteroatoms. The Balaban J connectivity index is 1.41. The lowest BCUT2D eigenvalue weighted by Crippen LogP contribution is -2.41. The molecule has 2 aromatic carbocycles. The van der Waals surface area contributed by atoms with Crippen LogP contribution in [0.15, 0.2) is 42.6 Å². The van der Waals surface area contributed by atoms with E-state index in [0.29, 0.717) is 0 Å². The number of aliphatic hydroxyl groups is 1. The Bertz CT molecular complexity index is 1080. The van der Waals surface area contributed by atoms with Crippen molar-refractivity contribution < 1.29 is 41.7 Å². The quantitative estimate of drug-likeness (QED) is 0.518. The summed E-state index contributed by atoms with van der Waals surface area (Å²) < 4.78 is 63.2. The molecule has 0 saturated heterocycles. The third-order valence-corrected chi connectivity index (χ3v) is 4.72. The van der Waals surface area contributed by atoms with Crippen LogP contribution in [-0.4, -0.2) is 36.2 Å². The van der Waals surface area contributed by atoms with Crippen LogP contribution in [-0.2, 0) is 9.59 Å². The van der Waals surface area contributed by atoms with Crippen molar-refractivity contribution in [2.24, 2.45) is 0 Å². The molecule has 0 aromatic heterocycles. The third kappa shape index (κ3) is 6.22. The topological polar surface area (TPSA) is 96.9 Å². The van der Waals surface area contributed by atoms with Gasteiger partial charge in [0.25, 0.3) is 11.8 Å². The smallest absolute Gasteiger partial charge is 0.265 e. The predicted molar refractivity (Wildman–Crippen MR) is 107 cm³/mol. The summed E-state index contributed by atoms with van der Waals surface area (Å²) in [6, 6.07) is 4.45. The number of aliphatic hydroxyl groups excluding tert-OH is 1. The number of hydrogen-bond acceptors (Lipinski definition) is 5. The zero-order chi connectivity index (χ0) is 24.1. The first-order valence-electron chi connectivity index (χ1n) is 9.81. The molecular formula is C22H20F4N2O5. The molecule has 33 heavy (non-hydrogen) atoms. The Morgan fingerprint density at radius 2 is 1.79 bits per heavy atom. The maximum Gasteiger partial charge on any atom is 0.265 e. The van der Waals surface area contributed by atoms with Gasteiger partial charge in [0.05, 0.1) is 6.10 Å². The van der Waals surface area contributed by atoms with Gasteiger partial charge in [-0.3, -0.25) is 9.59 Å². The van der Waals surface area contributed by atoms with E-state index in [1.54, 1.807) is 0 Å². The van der Waals surface area contributed by atoms with Gasteiger partial charge in [0.1, 0.15) is 11.5 Å². The second kappa shape index (κ2) is 10.3. The highest BCUT2D eigenvalue weighted by molar-refractivity contribution is 5.83. The van der Waals surface area contributed by atoms with E-state index in [1.165, 1.54) is 6.07 Å². The second-order valence-electron chi connectivity index (χ2n) is 7.22. The van der Waals surface area contributed by atoms with E-state index in [9.17, 15) is 32.3 Å². The van der Waals surface area contributed by atoms with E-state index in [0.717, 1.165) is 24.3 Å². The largest absolute Gasteiger partial charge is 0.484 e. The maximum atomic E-state index is 13.4. The molecule has 2 amide bonds. The molecule has 0 unspecified atom stereocenters. The summed E-state index contributed by atoms with van der Waals surface area (Å²) in [6.45, 7) is 3.32. The van der Waals surface area contributed by atoms with E-state index in [-0.39, 0.29) is 42.1 Å². The van der Waals surface area contributed by atoms with Crippen molar-refractivity contribution in [3.05, 3.63) is 71.4 Å². The van der Waals surface area contributed by atoms with E-state index >= 15 is 0 Å². The molecule has 2 aromatic rings. The summed E-state index contributed by atoms with van der Waals surface area (Å²) in [6.07, 6.45) is -2.40. The fraction of sp³-hybridized carbons (Fsp3) is 0.273.